The number of aromatic nitrogens is 2. The first-order valence-electron chi connectivity index (χ1n) is 11.7. The molecule has 4 aliphatic carbocycles. The normalized spacial score (nSPS) is 29.2. The van der Waals surface area contributed by atoms with Gasteiger partial charge in [0.15, 0.2) is 0 Å². The molecule has 4 aliphatic rings. The molecule has 0 aromatic carbocycles. The van der Waals surface area contributed by atoms with E-state index in [0.717, 1.165) is 38.2 Å². The quantitative estimate of drug-likeness (QED) is 0.355. The number of rotatable bonds is 5. The molecule has 0 aliphatic heterocycles. The topological polar surface area (TPSA) is 113 Å². The molecule has 2 aromatic heterocycles. The number of anilines is 1. The van der Waals surface area contributed by atoms with Crippen LogP contribution in [0.15, 0.2) is 18.3 Å². The number of Topliss-reactive ketones (excluding diaryl/α,β-unsaturated/α-hetero) is 1. The number of pyridine rings is 1. The molecular weight excluding hydrogens is 439 g/mol. The molecule has 0 radical (unpaired) electrons. The predicted molar refractivity (Wildman–Crippen MR) is 122 cm³/mol. The summed E-state index contributed by atoms with van der Waals surface area (Å²) in [5.74, 6) is -1.90. The Labute approximate surface area is 196 Å². The number of amides is 2. The lowest BCUT2D eigenvalue weighted by molar-refractivity contribution is -0.149. The molecular formula is C25H29FN4O4. The minimum Gasteiger partial charge on any atom is -0.390 e. The third kappa shape index (κ3) is 3.72. The highest BCUT2D eigenvalue weighted by molar-refractivity contribution is 6.43. The van der Waals surface area contributed by atoms with Gasteiger partial charge in [0, 0.05) is 36.2 Å². The third-order valence-corrected chi connectivity index (χ3v) is 7.97. The van der Waals surface area contributed by atoms with Gasteiger partial charge in [-0.3, -0.25) is 14.4 Å². The number of carbonyl (C=O) groups excluding carboxylic acids is 3. The Morgan fingerprint density at radius 2 is 1.85 bits per heavy atom. The van der Waals surface area contributed by atoms with Gasteiger partial charge in [-0.05, 0) is 75.8 Å². The largest absolute Gasteiger partial charge is 0.390 e. The van der Waals surface area contributed by atoms with Crippen LogP contribution in [0.25, 0.3) is 0 Å². The van der Waals surface area contributed by atoms with Crippen LogP contribution in [-0.4, -0.2) is 43.4 Å². The van der Waals surface area contributed by atoms with E-state index in [4.69, 9.17) is 0 Å². The second-order valence-electron chi connectivity index (χ2n) is 10.6. The molecule has 4 fully saturated rings. The minimum absolute atomic E-state index is 0.143. The van der Waals surface area contributed by atoms with Gasteiger partial charge in [-0.2, -0.15) is 4.39 Å². The summed E-state index contributed by atoms with van der Waals surface area (Å²) in [6.07, 6.45) is 5.90. The van der Waals surface area contributed by atoms with E-state index in [0.29, 0.717) is 29.5 Å². The van der Waals surface area contributed by atoms with Crippen molar-refractivity contribution in [2.24, 2.45) is 18.9 Å². The molecule has 9 heteroatoms. The zero-order valence-electron chi connectivity index (χ0n) is 19.6. The predicted octanol–water partition coefficient (Wildman–Crippen LogP) is 2.81. The second-order valence-corrected chi connectivity index (χ2v) is 10.6. The fraction of sp³-hybridized carbons (Fsp3) is 0.520. The van der Waals surface area contributed by atoms with E-state index in [2.05, 4.69) is 15.6 Å². The lowest BCUT2D eigenvalue weighted by Gasteiger charge is -2.60. The lowest BCUT2D eigenvalue weighted by atomic mass is 9.51. The fourth-order valence-electron chi connectivity index (χ4n) is 7.07. The number of nitrogens with zero attached hydrogens (tertiary/aromatic N) is 2. The molecule has 4 atom stereocenters. The molecule has 3 N–H and O–H groups in total. The Balaban J connectivity index is 1.38. The maximum Gasteiger partial charge on any atom is 0.294 e. The molecule has 2 aromatic rings. The van der Waals surface area contributed by atoms with Crippen LogP contribution in [-0.2, 0) is 11.8 Å². The van der Waals surface area contributed by atoms with Crippen molar-refractivity contribution in [2.45, 2.75) is 63.5 Å². The molecule has 2 heterocycles. The number of ketones is 1. The number of carbonyl (C=O) groups is 3. The standard InChI is InChI=1S/C25H29FN4O4/c1-13-19(22(32)28-17-4-5-27-18(26)7-17)14(2)30(3)20(13)21(31)23(33)29-24-8-15-6-16(9-24)11-25(34,10-15)12-24/h4-5,7,15-16,34H,6,8-12H2,1-3H3,(H,29,33)(H,27,28,32)/t15-,16+,24+,25-. The van der Waals surface area contributed by atoms with Gasteiger partial charge in [-0.1, -0.05) is 0 Å². The Morgan fingerprint density at radius 3 is 2.47 bits per heavy atom. The van der Waals surface area contributed by atoms with E-state index in [1.54, 1.807) is 25.5 Å². The van der Waals surface area contributed by atoms with Gasteiger partial charge in [-0.25, -0.2) is 4.98 Å². The van der Waals surface area contributed by atoms with Gasteiger partial charge in [0.25, 0.3) is 17.6 Å². The Hall–Kier alpha value is -3.07. The maximum absolute atomic E-state index is 13.4. The fourth-order valence-corrected chi connectivity index (χ4v) is 7.07. The third-order valence-electron chi connectivity index (χ3n) is 7.97. The summed E-state index contributed by atoms with van der Waals surface area (Å²) in [4.78, 5) is 42.9. The van der Waals surface area contributed by atoms with Crippen molar-refractivity contribution in [3.63, 3.8) is 0 Å². The smallest absolute Gasteiger partial charge is 0.294 e. The van der Waals surface area contributed by atoms with Crippen LogP contribution < -0.4 is 10.6 Å². The van der Waals surface area contributed by atoms with E-state index in [1.807, 2.05) is 0 Å². The highest BCUT2D eigenvalue weighted by Gasteiger charge is 2.58. The lowest BCUT2D eigenvalue weighted by Crippen LogP contribution is -2.66. The summed E-state index contributed by atoms with van der Waals surface area (Å²) in [5, 5.41) is 16.6. The van der Waals surface area contributed by atoms with Crippen LogP contribution in [0.1, 0.15) is 70.6 Å². The first kappa shape index (κ1) is 22.7. The second kappa shape index (κ2) is 7.73. The maximum atomic E-state index is 13.4. The number of halogens is 1. The number of aliphatic hydroxyl groups is 1. The Morgan fingerprint density at radius 1 is 1.18 bits per heavy atom. The van der Waals surface area contributed by atoms with Gasteiger partial charge >= 0.3 is 0 Å². The average molecular weight is 469 g/mol. The summed E-state index contributed by atoms with van der Waals surface area (Å²) in [7, 11) is 1.64. The Kier molecular flexibility index (Phi) is 5.16. The summed E-state index contributed by atoms with van der Waals surface area (Å²) < 4.78 is 15.0. The molecule has 34 heavy (non-hydrogen) atoms. The number of hydrogen-bond acceptors (Lipinski definition) is 5. The molecule has 0 unspecified atom stereocenters. The molecule has 8 nitrogen and oxygen atoms in total. The van der Waals surface area contributed by atoms with Crippen molar-refractivity contribution in [3.05, 3.63) is 46.8 Å². The minimum atomic E-state index is -0.754. The van der Waals surface area contributed by atoms with Crippen molar-refractivity contribution in [1.29, 1.82) is 0 Å². The van der Waals surface area contributed by atoms with Gasteiger partial charge in [-0.15, -0.1) is 0 Å². The summed E-state index contributed by atoms with van der Waals surface area (Å²) in [6, 6.07) is 2.57. The first-order valence-corrected chi connectivity index (χ1v) is 11.7. The van der Waals surface area contributed by atoms with E-state index >= 15 is 0 Å². The van der Waals surface area contributed by atoms with Crippen molar-refractivity contribution in [1.82, 2.24) is 14.9 Å². The molecule has 6 rings (SSSR count). The van der Waals surface area contributed by atoms with Crippen molar-refractivity contribution < 1.29 is 23.9 Å². The van der Waals surface area contributed by atoms with Crippen LogP contribution in [0.2, 0.25) is 0 Å². The van der Waals surface area contributed by atoms with Gasteiger partial charge < -0.3 is 20.3 Å². The van der Waals surface area contributed by atoms with E-state index in [1.165, 1.54) is 12.3 Å². The van der Waals surface area contributed by atoms with E-state index < -0.39 is 34.7 Å². The van der Waals surface area contributed by atoms with Crippen LogP contribution >= 0.6 is 0 Å². The van der Waals surface area contributed by atoms with Crippen LogP contribution in [0, 0.1) is 31.6 Å². The van der Waals surface area contributed by atoms with Gasteiger partial charge in [0.2, 0.25) is 5.95 Å². The first-order chi connectivity index (χ1) is 16.0. The SMILES string of the molecule is Cc1c(C(=O)Nc2ccnc(F)c2)c(C)n(C)c1C(=O)C(=O)N[C@@]12C[C@@H]3C[C@@H](C[C@@](O)(C3)C1)C2. The molecule has 4 saturated carbocycles. The van der Waals surface area contributed by atoms with E-state index in [-0.39, 0.29) is 16.9 Å². The summed E-state index contributed by atoms with van der Waals surface area (Å²) in [5.41, 5.74) is 0.247. The highest BCUT2D eigenvalue weighted by Crippen LogP contribution is 2.57. The Bertz CT molecular complexity index is 1210. The molecule has 4 bridgehead atoms. The van der Waals surface area contributed by atoms with Crippen LogP contribution in [0.5, 0.6) is 0 Å². The monoisotopic (exact) mass is 468 g/mol. The number of hydrogen-bond donors (Lipinski definition) is 3. The summed E-state index contributed by atoms with van der Waals surface area (Å²) >= 11 is 0. The zero-order valence-corrected chi connectivity index (χ0v) is 19.6. The summed E-state index contributed by atoms with van der Waals surface area (Å²) in [6.45, 7) is 3.32. The van der Waals surface area contributed by atoms with Crippen molar-refractivity contribution in [3.8, 4) is 0 Å². The highest BCUT2D eigenvalue weighted by atomic mass is 19.1. The molecule has 0 spiro atoms. The van der Waals surface area contributed by atoms with Crippen molar-refractivity contribution >= 4 is 23.3 Å². The number of nitrogens with one attached hydrogen (secondary N) is 2. The van der Waals surface area contributed by atoms with Crippen molar-refractivity contribution in [2.75, 3.05) is 5.32 Å². The molecule has 180 valence electrons. The zero-order chi connectivity index (χ0) is 24.4. The van der Waals surface area contributed by atoms with E-state index in [9.17, 15) is 23.9 Å². The van der Waals surface area contributed by atoms with Crippen LogP contribution in [0.4, 0.5) is 10.1 Å². The van der Waals surface area contributed by atoms with Gasteiger partial charge in [0.05, 0.1) is 16.9 Å². The average Bonchev–Trinajstić information content (AvgIpc) is 2.93. The van der Waals surface area contributed by atoms with Gasteiger partial charge in [0.1, 0.15) is 0 Å². The molecule has 2 amide bonds. The van der Waals surface area contributed by atoms with Crippen LogP contribution in [0.3, 0.4) is 0 Å². The molecule has 0 saturated heterocycles.